The van der Waals surface area contributed by atoms with Gasteiger partial charge in [0.1, 0.15) is 5.75 Å². The van der Waals surface area contributed by atoms with E-state index in [0.717, 1.165) is 50.9 Å². The van der Waals surface area contributed by atoms with Gasteiger partial charge in [-0.15, -0.1) is 12.4 Å². The van der Waals surface area contributed by atoms with Crippen LogP contribution in [0.2, 0.25) is 0 Å². The zero-order valence-corrected chi connectivity index (χ0v) is 15.3. The molecule has 1 aliphatic rings. The molecule has 1 aromatic carbocycles. The summed E-state index contributed by atoms with van der Waals surface area (Å²) in [5, 5.41) is 6.30. The molecule has 1 amide bonds. The number of benzene rings is 1. The molecule has 1 heterocycles. The van der Waals surface area contributed by atoms with E-state index in [2.05, 4.69) is 28.8 Å². The van der Waals surface area contributed by atoms with E-state index in [9.17, 15) is 4.79 Å². The smallest absolute Gasteiger partial charge is 0.220 e. The van der Waals surface area contributed by atoms with Gasteiger partial charge in [0.2, 0.25) is 5.91 Å². The van der Waals surface area contributed by atoms with Gasteiger partial charge in [-0.2, -0.15) is 0 Å². The van der Waals surface area contributed by atoms with Crippen molar-refractivity contribution in [2.75, 3.05) is 26.7 Å². The SMILES string of the molecule is COc1ccc(CCCCCC(=O)NCC2=CCNCC2)cc1.Cl. The van der Waals surface area contributed by atoms with E-state index >= 15 is 0 Å². The van der Waals surface area contributed by atoms with Crippen molar-refractivity contribution in [3.63, 3.8) is 0 Å². The molecule has 2 N–H and O–H groups in total. The molecule has 1 aliphatic heterocycles. The maximum Gasteiger partial charge on any atom is 0.220 e. The van der Waals surface area contributed by atoms with Crippen LogP contribution in [0.5, 0.6) is 5.75 Å². The number of nitrogens with one attached hydrogen (secondary N) is 2. The minimum absolute atomic E-state index is 0. The van der Waals surface area contributed by atoms with Gasteiger partial charge in [0, 0.05) is 19.5 Å². The fraction of sp³-hybridized carbons (Fsp3) is 0.526. The molecule has 4 nitrogen and oxygen atoms in total. The molecular formula is C19H29ClN2O2. The predicted octanol–water partition coefficient (Wildman–Crippen LogP) is 3.26. The van der Waals surface area contributed by atoms with Gasteiger partial charge >= 0.3 is 0 Å². The Morgan fingerprint density at radius 3 is 2.67 bits per heavy atom. The number of unbranched alkanes of at least 4 members (excludes halogenated alkanes) is 2. The van der Waals surface area contributed by atoms with Crippen LogP contribution in [0.3, 0.4) is 0 Å². The van der Waals surface area contributed by atoms with Crippen LogP contribution in [0.4, 0.5) is 0 Å². The van der Waals surface area contributed by atoms with Crippen LogP contribution >= 0.6 is 12.4 Å². The van der Waals surface area contributed by atoms with Crippen LogP contribution in [0.25, 0.3) is 0 Å². The van der Waals surface area contributed by atoms with Gasteiger partial charge in [-0.05, 0) is 49.9 Å². The fourth-order valence-electron chi connectivity index (χ4n) is 2.71. The lowest BCUT2D eigenvalue weighted by atomic mass is 10.1. The predicted molar refractivity (Wildman–Crippen MR) is 101 cm³/mol. The lowest BCUT2D eigenvalue weighted by Crippen LogP contribution is -2.29. The highest BCUT2D eigenvalue weighted by Crippen LogP contribution is 2.14. The summed E-state index contributed by atoms with van der Waals surface area (Å²) in [6.45, 7) is 2.66. The lowest BCUT2D eigenvalue weighted by Gasteiger charge is -2.14. The number of ether oxygens (including phenoxy) is 1. The first-order chi connectivity index (χ1) is 11.3. The van der Waals surface area contributed by atoms with Crippen molar-refractivity contribution in [1.82, 2.24) is 10.6 Å². The highest BCUT2D eigenvalue weighted by molar-refractivity contribution is 5.85. The summed E-state index contributed by atoms with van der Waals surface area (Å²) in [5.74, 6) is 1.07. The van der Waals surface area contributed by atoms with Crippen LogP contribution in [0.1, 0.15) is 37.7 Å². The van der Waals surface area contributed by atoms with Crippen molar-refractivity contribution in [3.8, 4) is 5.75 Å². The van der Waals surface area contributed by atoms with Crippen LogP contribution in [-0.4, -0.2) is 32.7 Å². The maximum atomic E-state index is 11.8. The maximum absolute atomic E-state index is 11.8. The van der Waals surface area contributed by atoms with Crippen molar-refractivity contribution in [1.29, 1.82) is 0 Å². The van der Waals surface area contributed by atoms with Crippen LogP contribution in [0.15, 0.2) is 35.9 Å². The van der Waals surface area contributed by atoms with E-state index < -0.39 is 0 Å². The average Bonchev–Trinajstić information content (AvgIpc) is 2.61. The van der Waals surface area contributed by atoms with Crippen molar-refractivity contribution in [3.05, 3.63) is 41.5 Å². The monoisotopic (exact) mass is 352 g/mol. The van der Waals surface area contributed by atoms with Gasteiger partial charge in [0.05, 0.1) is 7.11 Å². The van der Waals surface area contributed by atoms with Gasteiger partial charge in [-0.1, -0.05) is 30.2 Å². The second-order valence-electron chi connectivity index (χ2n) is 6.00. The van der Waals surface area contributed by atoms with Crippen molar-refractivity contribution < 1.29 is 9.53 Å². The zero-order chi connectivity index (χ0) is 16.3. The molecular weight excluding hydrogens is 324 g/mol. The number of methoxy groups -OCH3 is 1. The number of amides is 1. The lowest BCUT2D eigenvalue weighted by molar-refractivity contribution is -0.121. The van der Waals surface area contributed by atoms with Crippen molar-refractivity contribution in [2.45, 2.75) is 38.5 Å². The van der Waals surface area contributed by atoms with E-state index in [0.29, 0.717) is 13.0 Å². The topological polar surface area (TPSA) is 50.4 Å². The Hall–Kier alpha value is -1.52. The normalized spacial score (nSPS) is 13.6. The highest BCUT2D eigenvalue weighted by Gasteiger charge is 2.05. The molecule has 0 fully saturated rings. The molecule has 0 unspecified atom stereocenters. The second-order valence-corrected chi connectivity index (χ2v) is 6.00. The Kier molecular flexibility index (Phi) is 10.2. The molecule has 1 aromatic rings. The Morgan fingerprint density at radius 1 is 1.21 bits per heavy atom. The fourth-order valence-corrected chi connectivity index (χ4v) is 2.71. The molecule has 5 heteroatoms. The molecule has 0 saturated carbocycles. The zero-order valence-electron chi connectivity index (χ0n) is 14.5. The number of carbonyl (C=O) groups is 1. The summed E-state index contributed by atoms with van der Waals surface area (Å²) in [4.78, 5) is 11.8. The summed E-state index contributed by atoms with van der Waals surface area (Å²) < 4.78 is 5.15. The summed E-state index contributed by atoms with van der Waals surface area (Å²) in [6.07, 6.45) is 8.09. The molecule has 24 heavy (non-hydrogen) atoms. The Morgan fingerprint density at radius 2 is 2.00 bits per heavy atom. The number of hydrogen-bond donors (Lipinski definition) is 2. The summed E-state index contributed by atoms with van der Waals surface area (Å²) in [6, 6.07) is 8.22. The number of hydrogen-bond acceptors (Lipinski definition) is 3. The van der Waals surface area contributed by atoms with E-state index in [1.54, 1.807) is 7.11 Å². The van der Waals surface area contributed by atoms with Gasteiger partial charge < -0.3 is 15.4 Å². The minimum atomic E-state index is 0. The highest BCUT2D eigenvalue weighted by atomic mass is 35.5. The van der Waals surface area contributed by atoms with E-state index in [1.807, 2.05) is 12.1 Å². The first-order valence-corrected chi connectivity index (χ1v) is 8.56. The summed E-state index contributed by atoms with van der Waals surface area (Å²) in [5.41, 5.74) is 2.67. The molecule has 2 rings (SSSR count). The van der Waals surface area contributed by atoms with Crippen molar-refractivity contribution >= 4 is 18.3 Å². The van der Waals surface area contributed by atoms with E-state index in [4.69, 9.17) is 4.74 Å². The third-order valence-corrected chi connectivity index (χ3v) is 4.20. The molecule has 0 aliphatic carbocycles. The summed E-state index contributed by atoms with van der Waals surface area (Å²) in [7, 11) is 1.68. The van der Waals surface area contributed by atoms with Gasteiger partial charge in [0.25, 0.3) is 0 Å². The molecule has 0 spiro atoms. The molecule has 134 valence electrons. The molecule has 0 bridgehead atoms. The van der Waals surface area contributed by atoms with E-state index in [1.165, 1.54) is 11.1 Å². The molecule has 0 saturated heterocycles. The third kappa shape index (κ3) is 7.84. The van der Waals surface area contributed by atoms with Crippen molar-refractivity contribution in [2.24, 2.45) is 0 Å². The second kappa shape index (κ2) is 11.9. The third-order valence-electron chi connectivity index (χ3n) is 4.20. The number of rotatable bonds is 9. The largest absolute Gasteiger partial charge is 0.497 e. The molecule has 0 atom stereocenters. The summed E-state index contributed by atoms with van der Waals surface area (Å²) >= 11 is 0. The standard InChI is InChI=1S/C19H28N2O2.ClH/c1-23-18-9-7-16(8-10-18)5-3-2-4-6-19(22)21-15-17-11-13-20-14-12-17;/h7-11,20H,2-6,12-15H2,1H3,(H,21,22);1H. The average molecular weight is 353 g/mol. The Bertz CT molecular complexity index is 515. The minimum Gasteiger partial charge on any atom is -0.497 e. The van der Waals surface area contributed by atoms with Gasteiger partial charge in [-0.25, -0.2) is 0 Å². The number of carbonyl (C=O) groups excluding carboxylic acids is 1. The van der Waals surface area contributed by atoms with Gasteiger partial charge in [-0.3, -0.25) is 4.79 Å². The number of halogens is 1. The van der Waals surface area contributed by atoms with Crippen LogP contribution in [-0.2, 0) is 11.2 Å². The first-order valence-electron chi connectivity index (χ1n) is 8.56. The Labute approximate surface area is 151 Å². The molecule has 0 aromatic heterocycles. The molecule has 0 radical (unpaired) electrons. The van der Waals surface area contributed by atoms with Crippen LogP contribution < -0.4 is 15.4 Å². The van der Waals surface area contributed by atoms with Gasteiger partial charge in [0.15, 0.2) is 0 Å². The Balaban J connectivity index is 0.00000288. The number of aryl methyl sites for hydroxylation is 1. The quantitative estimate of drug-likeness (QED) is 0.530. The first kappa shape index (κ1) is 20.5. The van der Waals surface area contributed by atoms with E-state index in [-0.39, 0.29) is 18.3 Å². The van der Waals surface area contributed by atoms with Crippen LogP contribution in [0, 0.1) is 0 Å².